The Labute approximate surface area is 148 Å². The van der Waals surface area contributed by atoms with Gasteiger partial charge in [-0.2, -0.15) is 0 Å². The van der Waals surface area contributed by atoms with Crippen molar-refractivity contribution in [1.82, 2.24) is 4.90 Å². The minimum Gasteiger partial charge on any atom is -0.336 e. The molecule has 3 rings (SSSR count). The van der Waals surface area contributed by atoms with Crippen LogP contribution >= 0.6 is 34.5 Å². The van der Waals surface area contributed by atoms with E-state index < -0.39 is 15.1 Å². The Kier molecular flexibility index (Phi) is 4.69. The molecule has 122 valence electrons. The van der Waals surface area contributed by atoms with E-state index in [4.69, 9.17) is 23.2 Å². The molecule has 1 unspecified atom stereocenters. The minimum atomic E-state index is -3.25. The predicted octanol–water partition coefficient (Wildman–Crippen LogP) is 3.67. The van der Waals surface area contributed by atoms with Crippen LogP contribution in [0.3, 0.4) is 0 Å². The molecule has 1 amide bonds. The summed E-state index contributed by atoms with van der Waals surface area (Å²) in [6.45, 7) is 0.308. The monoisotopic (exact) mass is 389 g/mol. The molecule has 0 radical (unpaired) electrons. The predicted molar refractivity (Wildman–Crippen MR) is 93.2 cm³/mol. The molecule has 0 spiro atoms. The zero-order valence-electron chi connectivity index (χ0n) is 11.9. The summed E-state index contributed by atoms with van der Waals surface area (Å²) >= 11 is 13.3. The Morgan fingerprint density at radius 2 is 2.04 bits per heavy atom. The highest BCUT2D eigenvalue weighted by Crippen LogP contribution is 2.32. The number of carbonyl (C=O) groups is 1. The molecule has 1 atom stereocenters. The average molecular weight is 390 g/mol. The third-order valence-corrected chi connectivity index (χ3v) is 7.48. The smallest absolute Gasteiger partial charge is 0.255 e. The highest BCUT2D eigenvalue weighted by molar-refractivity contribution is 7.91. The number of halogens is 2. The maximum Gasteiger partial charge on any atom is 0.255 e. The van der Waals surface area contributed by atoms with Gasteiger partial charge < -0.3 is 4.90 Å². The molecule has 2 aromatic rings. The maximum absolute atomic E-state index is 12.7. The molecule has 0 saturated carbocycles. The lowest BCUT2D eigenvalue weighted by Crippen LogP contribution is -2.45. The molecule has 8 heteroatoms. The first kappa shape index (κ1) is 16.8. The van der Waals surface area contributed by atoms with Gasteiger partial charge in [0.15, 0.2) is 9.84 Å². The van der Waals surface area contributed by atoms with Gasteiger partial charge in [-0.3, -0.25) is 4.79 Å². The summed E-state index contributed by atoms with van der Waals surface area (Å²) in [4.78, 5) is 15.0. The standard InChI is InChI=1S/C15H13Cl2NO3S2/c16-10-3-4-11(12(17)8-10)15(19)18-5-7-23(20,21)14(9-18)13-2-1-6-22-13/h1-4,6,8,14H,5,7,9H2. The number of benzene rings is 1. The molecule has 4 nitrogen and oxygen atoms in total. The van der Waals surface area contributed by atoms with E-state index in [0.29, 0.717) is 10.6 Å². The Morgan fingerprint density at radius 1 is 1.26 bits per heavy atom. The van der Waals surface area contributed by atoms with Crippen molar-refractivity contribution in [3.05, 3.63) is 56.2 Å². The maximum atomic E-state index is 12.7. The summed E-state index contributed by atoms with van der Waals surface area (Å²) in [6, 6.07) is 8.27. The van der Waals surface area contributed by atoms with Crippen molar-refractivity contribution in [1.29, 1.82) is 0 Å². The van der Waals surface area contributed by atoms with E-state index in [-0.39, 0.29) is 29.8 Å². The number of thiophene rings is 1. The molecule has 1 fully saturated rings. The highest BCUT2D eigenvalue weighted by atomic mass is 35.5. The molecule has 1 aromatic carbocycles. The van der Waals surface area contributed by atoms with Crippen LogP contribution in [0, 0.1) is 0 Å². The van der Waals surface area contributed by atoms with Gasteiger partial charge in [-0.1, -0.05) is 29.3 Å². The van der Waals surface area contributed by atoms with Crippen molar-refractivity contribution in [2.24, 2.45) is 0 Å². The van der Waals surface area contributed by atoms with Crippen molar-refractivity contribution in [3.63, 3.8) is 0 Å². The summed E-state index contributed by atoms with van der Waals surface area (Å²) in [5.41, 5.74) is 0.334. The van der Waals surface area contributed by atoms with E-state index >= 15 is 0 Å². The van der Waals surface area contributed by atoms with Crippen LogP contribution in [0.25, 0.3) is 0 Å². The molecule has 1 aliphatic rings. The van der Waals surface area contributed by atoms with Gasteiger partial charge in [0.1, 0.15) is 5.25 Å². The average Bonchev–Trinajstić information content (AvgIpc) is 3.00. The lowest BCUT2D eigenvalue weighted by molar-refractivity contribution is 0.0759. The quantitative estimate of drug-likeness (QED) is 0.786. The fraction of sp³-hybridized carbons (Fsp3) is 0.267. The number of hydrogen-bond donors (Lipinski definition) is 0. The zero-order chi connectivity index (χ0) is 16.6. The lowest BCUT2D eigenvalue weighted by Gasteiger charge is -2.32. The van der Waals surface area contributed by atoms with E-state index in [9.17, 15) is 13.2 Å². The second kappa shape index (κ2) is 6.43. The number of amides is 1. The highest BCUT2D eigenvalue weighted by Gasteiger charge is 2.37. The topological polar surface area (TPSA) is 54.5 Å². The van der Waals surface area contributed by atoms with Crippen LogP contribution in [0.5, 0.6) is 0 Å². The Balaban J connectivity index is 1.88. The first-order valence-corrected chi connectivity index (χ1v) is 10.2. The molecule has 0 bridgehead atoms. The number of rotatable bonds is 2. The van der Waals surface area contributed by atoms with Gasteiger partial charge in [0.2, 0.25) is 0 Å². The molecule has 2 heterocycles. The fourth-order valence-electron chi connectivity index (χ4n) is 2.54. The molecular weight excluding hydrogens is 377 g/mol. The largest absolute Gasteiger partial charge is 0.336 e. The SMILES string of the molecule is O=C(c1ccc(Cl)cc1Cl)N1CCS(=O)(=O)C(c2cccs2)C1. The van der Waals surface area contributed by atoms with Gasteiger partial charge in [0.05, 0.1) is 16.3 Å². The second-order valence-electron chi connectivity index (χ2n) is 5.25. The Bertz CT molecular complexity index is 834. The number of sulfone groups is 1. The van der Waals surface area contributed by atoms with Crippen molar-refractivity contribution in [2.75, 3.05) is 18.8 Å². The minimum absolute atomic E-state index is 0.0491. The third-order valence-electron chi connectivity index (χ3n) is 3.77. The summed E-state index contributed by atoms with van der Waals surface area (Å²) in [5, 5.41) is 1.88. The first-order chi connectivity index (χ1) is 10.9. The summed E-state index contributed by atoms with van der Waals surface area (Å²) in [6.07, 6.45) is 0. The van der Waals surface area contributed by atoms with E-state index in [1.807, 2.05) is 11.4 Å². The van der Waals surface area contributed by atoms with Crippen LogP contribution in [0.2, 0.25) is 10.0 Å². The van der Waals surface area contributed by atoms with Gasteiger partial charge in [-0.05, 0) is 29.6 Å². The fourth-order valence-corrected chi connectivity index (χ4v) is 5.94. The van der Waals surface area contributed by atoms with Gasteiger partial charge >= 0.3 is 0 Å². The van der Waals surface area contributed by atoms with Crippen molar-refractivity contribution in [3.8, 4) is 0 Å². The van der Waals surface area contributed by atoms with Gasteiger partial charge in [0, 0.05) is 23.0 Å². The van der Waals surface area contributed by atoms with E-state index in [0.717, 1.165) is 4.88 Å². The zero-order valence-corrected chi connectivity index (χ0v) is 15.1. The van der Waals surface area contributed by atoms with Crippen LogP contribution in [-0.2, 0) is 9.84 Å². The van der Waals surface area contributed by atoms with Crippen LogP contribution < -0.4 is 0 Å². The lowest BCUT2D eigenvalue weighted by atomic mass is 10.2. The van der Waals surface area contributed by atoms with Crippen LogP contribution in [0.4, 0.5) is 0 Å². The van der Waals surface area contributed by atoms with Crippen molar-refractivity contribution < 1.29 is 13.2 Å². The molecule has 1 aliphatic heterocycles. The molecule has 1 saturated heterocycles. The normalized spacial score (nSPS) is 20.4. The Hall–Kier alpha value is -1.08. The first-order valence-electron chi connectivity index (χ1n) is 6.88. The summed E-state index contributed by atoms with van der Waals surface area (Å²) < 4.78 is 24.6. The van der Waals surface area contributed by atoms with Crippen LogP contribution in [-0.4, -0.2) is 38.1 Å². The molecular formula is C15H13Cl2NO3S2. The van der Waals surface area contributed by atoms with Gasteiger partial charge in [0.25, 0.3) is 5.91 Å². The van der Waals surface area contributed by atoms with Crippen molar-refractivity contribution in [2.45, 2.75) is 5.25 Å². The van der Waals surface area contributed by atoms with Crippen LogP contribution in [0.1, 0.15) is 20.5 Å². The van der Waals surface area contributed by atoms with E-state index in [1.54, 1.807) is 23.1 Å². The van der Waals surface area contributed by atoms with Gasteiger partial charge in [-0.25, -0.2) is 8.42 Å². The van der Waals surface area contributed by atoms with E-state index in [2.05, 4.69) is 0 Å². The molecule has 1 aromatic heterocycles. The van der Waals surface area contributed by atoms with Gasteiger partial charge in [-0.15, -0.1) is 11.3 Å². The second-order valence-corrected chi connectivity index (χ2v) is 9.37. The van der Waals surface area contributed by atoms with Crippen LogP contribution in [0.15, 0.2) is 35.7 Å². The van der Waals surface area contributed by atoms with E-state index in [1.165, 1.54) is 17.4 Å². The summed E-state index contributed by atoms with van der Waals surface area (Å²) in [5.74, 6) is -0.324. The molecule has 0 N–H and O–H groups in total. The van der Waals surface area contributed by atoms with Crippen molar-refractivity contribution >= 4 is 50.3 Å². The number of nitrogens with zero attached hydrogens (tertiary/aromatic N) is 1. The molecule has 23 heavy (non-hydrogen) atoms. The number of hydrogen-bond acceptors (Lipinski definition) is 4. The molecule has 0 aliphatic carbocycles. The Morgan fingerprint density at radius 3 is 2.70 bits per heavy atom. The number of carbonyl (C=O) groups excluding carboxylic acids is 1. The third kappa shape index (κ3) is 3.40. The summed E-state index contributed by atoms with van der Waals surface area (Å²) in [7, 11) is -3.25.